The maximum atomic E-state index is 13.1. The molecule has 0 amide bonds. The molecule has 1 fully saturated rings. The van der Waals surface area contributed by atoms with E-state index in [0.29, 0.717) is 6.42 Å². The molecule has 182 valence electrons. The fourth-order valence-electron chi connectivity index (χ4n) is 4.54. The first kappa shape index (κ1) is 25.8. The van der Waals surface area contributed by atoms with Gasteiger partial charge in [0.05, 0.1) is 29.0 Å². The van der Waals surface area contributed by atoms with Crippen LogP contribution in [0.1, 0.15) is 71.0 Å². The Morgan fingerprint density at radius 2 is 1.97 bits per heavy atom. The van der Waals surface area contributed by atoms with E-state index in [2.05, 4.69) is 4.98 Å². The molecule has 1 saturated heterocycles. The number of epoxide rings is 1. The van der Waals surface area contributed by atoms with Gasteiger partial charge >= 0.3 is 5.97 Å². The summed E-state index contributed by atoms with van der Waals surface area (Å²) in [4.78, 5) is 30.3. The van der Waals surface area contributed by atoms with Crippen molar-refractivity contribution >= 4 is 29.2 Å². The lowest BCUT2D eigenvalue weighted by Gasteiger charge is -2.29. The van der Waals surface area contributed by atoms with Crippen LogP contribution in [-0.2, 0) is 19.1 Å². The zero-order valence-electron chi connectivity index (χ0n) is 20.5. The van der Waals surface area contributed by atoms with E-state index in [1.165, 1.54) is 6.08 Å². The molecule has 0 saturated carbocycles. The molecule has 7 heteroatoms. The topological polar surface area (TPSA) is 89.0 Å². The van der Waals surface area contributed by atoms with Crippen LogP contribution in [0.5, 0.6) is 0 Å². The highest BCUT2D eigenvalue weighted by atomic mass is 32.1. The molecule has 0 aromatic carbocycles. The highest BCUT2D eigenvalue weighted by Gasteiger charge is 2.41. The van der Waals surface area contributed by atoms with Gasteiger partial charge in [-0.25, -0.2) is 9.78 Å². The Balaban J connectivity index is 1.82. The molecule has 0 spiro atoms. The highest BCUT2D eigenvalue weighted by molar-refractivity contribution is 7.09. The molecule has 33 heavy (non-hydrogen) atoms. The maximum absolute atomic E-state index is 13.1. The van der Waals surface area contributed by atoms with E-state index >= 15 is 0 Å². The summed E-state index contributed by atoms with van der Waals surface area (Å²) in [6, 6.07) is 0. The molecule has 1 aromatic rings. The number of allylic oxidation sites excluding steroid dienone is 1. The second kappa shape index (κ2) is 10.6. The number of carbonyl (C=O) groups excluding carboxylic acids is 2. The zero-order valence-corrected chi connectivity index (χ0v) is 21.4. The number of hydrogen-bond donors (Lipinski definition) is 1. The van der Waals surface area contributed by atoms with Gasteiger partial charge in [0.25, 0.3) is 0 Å². The number of aliphatic hydroxyl groups excluding tert-OH is 1. The number of Topliss-reactive ketones (excluding diaryl/α,β-unsaturated/α-hetero) is 1. The largest absolute Gasteiger partial charge is 0.455 e. The Kier molecular flexibility index (Phi) is 8.30. The van der Waals surface area contributed by atoms with Crippen molar-refractivity contribution in [1.82, 2.24) is 4.98 Å². The summed E-state index contributed by atoms with van der Waals surface area (Å²) in [6.07, 6.45) is 7.18. The number of carbonyl (C=O) groups is 2. The molecule has 3 heterocycles. The van der Waals surface area contributed by atoms with E-state index in [4.69, 9.17) is 9.47 Å². The molecule has 0 unspecified atom stereocenters. The van der Waals surface area contributed by atoms with Crippen molar-refractivity contribution in [2.24, 2.45) is 17.3 Å². The van der Waals surface area contributed by atoms with Gasteiger partial charge in [-0.2, -0.15) is 0 Å². The van der Waals surface area contributed by atoms with Gasteiger partial charge in [-0.1, -0.05) is 26.3 Å². The van der Waals surface area contributed by atoms with Crippen LogP contribution in [0.4, 0.5) is 0 Å². The van der Waals surface area contributed by atoms with Gasteiger partial charge in [0.1, 0.15) is 11.9 Å². The minimum atomic E-state index is -0.889. The van der Waals surface area contributed by atoms with E-state index in [1.807, 2.05) is 32.2 Å². The van der Waals surface area contributed by atoms with Crippen LogP contribution in [0, 0.1) is 24.2 Å². The van der Waals surface area contributed by atoms with Gasteiger partial charge in [0, 0.05) is 29.2 Å². The first-order chi connectivity index (χ1) is 15.5. The average Bonchev–Trinajstić information content (AvgIpc) is 3.37. The third-order valence-electron chi connectivity index (χ3n) is 6.84. The minimum absolute atomic E-state index is 0.0123. The van der Waals surface area contributed by atoms with Crippen molar-refractivity contribution in [2.75, 3.05) is 0 Å². The number of aryl methyl sites for hydroxylation is 1. The van der Waals surface area contributed by atoms with E-state index < -0.39 is 29.5 Å². The number of esters is 1. The van der Waals surface area contributed by atoms with Crippen molar-refractivity contribution in [1.29, 1.82) is 0 Å². The molecular weight excluding hydrogens is 438 g/mol. The number of ether oxygens (including phenoxy) is 2. The van der Waals surface area contributed by atoms with E-state index in [0.717, 1.165) is 35.5 Å². The van der Waals surface area contributed by atoms with Gasteiger partial charge in [0.2, 0.25) is 0 Å². The number of nitrogens with zero attached hydrogens (tertiary/aromatic N) is 1. The highest BCUT2D eigenvalue weighted by Crippen LogP contribution is 2.35. The first-order valence-corrected chi connectivity index (χ1v) is 12.7. The lowest BCUT2D eigenvalue weighted by Crippen LogP contribution is -2.38. The van der Waals surface area contributed by atoms with Crippen LogP contribution in [0.2, 0.25) is 0 Å². The summed E-state index contributed by atoms with van der Waals surface area (Å²) < 4.78 is 11.7. The molecule has 0 bridgehead atoms. The lowest BCUT2D eigenvalue weighted by molar-refractivity contribution is -0.141. The Hall–Kier alpha value is -1.83. The predicted octanol–water partition coefficient (Wildman–Crippen LogP) is 4.89. The molecule has 1 N–H and O–H groups in total. The Morgan fingerprint density at radius 3 is 2.64 bits per heavy atom. The number of cyclic esters (lactones) is 1. The molecule has 0 aliphatic carbocycles. The number of aromatic nitrogens is 1. The van der Waals surface area contributed by atoms with Gasteiger partial charge in [-0.05, 0) is 58.1 Å². The molecule has 6 atom stereocenters. The Bertz CT molecular complexity index is 918. The van der Waals surface area contributed by atoms with Crippen LogP contribution >= 0.6 is 11.3 Å². The maximum Gasteiger partial charge on any atom is 0.331 e. The second-order valence-electron chi connectivity index (χ2n) is 10.2. The smallest absolute Gasteiger partial charge is 0.331 e. The lowest BCUT2D eigenvalue weighted by atomic mass is 9.76. The van der Waals surface area contributed by atoms with Gasteiger partial charge in [0.15, 0.2) is 0 Å². The third-order valence-corrected chi connectivity index (χ3v) is 7.63. The van der Waals surface area contributed by atoms with Crippen molar-refractivity contribution in [2.45, 2.75) is 91.6 Å². The van der Waals surface area contributed by atoms with Gasteiger partial charge in [-0.15, -0.1) is 11.3 Å². The molecule has 0 radical (unpaired) electrons. The fraction of sp³-hybridized carbons (Fsp3) is 0.654. The summed E-state index contributed by atoms with van der Waals surface area (Å²) in [6.45, 7) is 11.2. The van der Waals surface area contributed by atoms with Crippen LogP contribution in [0.25, 0.3) is 6.08 Å². The van der Waals surface area contributed by atoms with Crippen LogP contribution in [-0.4, -0.2) is 46.3 Å². The van der Waals surface area contributed by atoms with Crippen LogP contribution in [0.3, 0.4) is 0 Å². The number of aliphatic hydroxyl groups is 1. The second-order valence-corrected chi connectivity index (χ2v) is 11.2. The van der Waals surface area contributed by atoms with E-state index in [-0.39, 0.29) is 23.9 Å². The standard InChI is InChI=1S/C26H37NO5S/c1-15-8-7-9-20-22(31-20)13-21(16(2)12-19-14-33-18(4)27-19)32-23(28)10-11-26(5,6)25(30)17(3)24(15)29/h10-12,14-15,17,20-22,24,29H,7-9,13H2,1-6H3/b11-10+,16-12+/t15-,17+,20+,21-,22-,24-/m0/s1. The molecule has 1 aromatic heterocycles. The van der Waals surface area contributed by atoms with Crippen molar-refractivity contribution < 1.29 is 24.2 Å². The first-order valence-electron chi connectivity index (χ1n) is 11.9. The normalized spacial score (nSPS) is 34.9. The summed E-state index contributed by atoms with van der Waals surface area (Å²) in [7, 11) is 0. The summed E-state index contributed by atoms with van der Waals surface area (Å²) >= 11 is 1.58. The monoisotopic (exact) mass is 475 g/mol. The Labute approximate surface area is 201 Å². The van der Waals surface area contributed by atoms with Gasteiger partial charge in [-0.3, -0.25) is 4.79 Å². The number of ketones is 1. The number of fused-ring (bicyclic) bond motifs is 1. The molecule has 6 nitrogen and oxygen atoms in total. The quantitative estimate of drug-likeness (QED) is 0.484. The van der Waals surface area contributed by atoms with Crippen molar-refractivity contribution in [3.8, 4) is 0 Å². The zero-order chi connectivity index (χ0) is 24.3. The fourth-order valence-corrected chi connectivity index (χ4v) is 5.11. The third kappa shape index (κ3) is 6.84. The number of hydrogen-bond acceptors (Lipinski definition) is 7. The summed E-state index contributed by atoms with van der Waals surface area (Å²) in [5.41, 5.74) is 0.882. The molecule has 3 rings (SSSR count). The van der Waals surface area contributed by atoms with Crippen LogP contribution in [0.15, 0.2) is 23.1 Å². The van der Waals surface area contributed by atoms with Gasteiger partial charge < -0.3 is 14.6 Å². The summed E-state index contributed by atoms with van der Waals surface area (Å²) in [5.74, 6) is -1.09. The molecule has 2 aliphatic heterocycles. The van der Waals surface area contributed by atoms with Crippen LogP contribution < -0.4 is 0 Å². The van der Waals surface area contributed by atoms with E-state index in [1.54, 1.807) is 38.2 Å². The average molecular weight is 476 g/mol. The van der Waals surface area contributed by atoms with Crippen molar-refractivity contribution in [3.63, 3.8) is 0 Å². The number of thiazole rings is 1. The number of rotatable bonds is 2. The minimum Gasteiger partial charge on any atom is -0.455 e. The molecular formula is C26H37NO5S. The summed E-state index contributed by atoms with van der Waals surface area (Å²) in [5, 5.41) is 13.7. The Morgan fingerprint density at radius 1 is 1.24 bits per heavy atom. The van der Waals surface area contributed by atoms with Crippen molar-refractivity contribution in [3.05, 3.63) is 33.8 Å². The predicted molar refractivity (Wildman–Crippen MR) is 130 cm³/mol. The van der Waals surface area contributed by atoms with E-state index in [9.17, 15) is 14.7 Å². The molecule has 2 aliphatic rings. The SMILES string of the molecule is C/C(=C\c1csc(C)n1)[C@@H]1C[C@@H]2O[C@@H]2CCC[C@H](C)[C@H](O)[C@@H](C)C(=O)C(C)(C)/C=C/C(=O)O1.